The Morgan fingerprint density at radius 2 is 2.25 bits per heavy atom. The van der Waals surface area contributed by atoms with Crippen molar-refractivity contribution in [3.63, 3.8) is 0 Å². The van der Waals surface area contributed by atoms with E-state index in [9.17, 15) is 9.90 Å². The fourth-order valence-corrected chi connectivity index (χ4v) is 2.69. The Morgan fingerprint density at radius 1 is 1.40 bits per heavy atom. The number of ether oxygens (including phenoxy) is 1. The second-order valence-corrected chi connectivity index (χ2v) is 5.33. The van der Waals surface area contributed by atoms with E-state index in [1.807, 2.05) is 12.1 Å². The van der Waals surface area contributed by atoms with Crippen LogP contribution >= 0.6 is 0 Å². The number of anilines is 1. The lowest BCUT2D eigenvalue weighted by molar-refractivity contribution is -0.118. The minimum atomic E-state index is -0.274. The standard InChI is InChI=1S/C14H19N3O3/c18-11-4-2-1-3-10(11)15-7-9-5-6-12-14(16-9)17-13(19)8-20-12/h5-6,10-11,15,18H,1-4,7-8H2,(H,16,17,19)/t10-,11+/m0/s1. The van der Waals surface area contributed by atoms with E-state index in [1.165, 1.54) is 0 Å². The van der Waals surface area contributed by atoms with Crippen LogP contribution in [0.1, 0.15) is 31.4 Å². The smallest absolute Gasteiger partial charge is 0.263 e. The summed E-state index contributed by atoms with van der Waals surface area (Å²) in [6, 6.07) is 3.82. The van der Waals surface area contributed by atoms with Crippen LogP contribution in [0.5, 0.6) is 5.75 Å². The summed E-state index contributed by atoms with van der Waals surface area (Å²) in [6.07, 6.45) is 3.82. The van der Waals surface area contributed by atoms with E-state index in [0.29, 0.717) is 18.1 Å². The highest BCUT2D eigenvalue weighted by molar-refractivity contribution is 5.94. The van der Waals surface area contributed by atoms with Crippen LogP contribution in [-0.2, 0) is 11.3 Å². The molecule has 3 rings (SSSR count). The Balaban J connectivity index is 1.63. The Hall–Kier alpha value is -1.66. The van der Waals surface area contributed by atoms with Gasteiger partial charge in [-0.25, -0.2) is 4.98 Å². The zero-order valence-corrected chi connectivity index (χ0v) is 11.3. The minimum Gasteiger partial charge on any atom is -0.480 e. The molecule has 6 nitrogen and oxygen atoms in total. The van der Waals surface area contributed by atoms with Crippen molar-refractivity contribution in [1.29, 1.82) is 0 Å². The van der Waals surface area contributed by atoms with Gasteiger partial charge in [0.05, 0.1) is 11.8 Å². The number of rotatable bonds is 3. The Kier molecular flexibility index (Phi) is 3.84. The van der Waals surface area contributed by atoms with Crippen molar-refractivity contribution in [3.8, 4) is 5.75 Å². The number of hydrogen-bond acceptors (Lipinski definition) is 5. The first-order chi connectivity index (χ1) is 9.72. The number of hydrogen-bond donors (Lipinski definition) is 3. The first kappa shape index (κ1) is 13.3. The average molecular weight is 277 g/mol. The molecule has 1 fully saturated rings. The molecule has 108 valence electrons. The molecule has 20 heavy (non-hydrogen) atoms. The number of aliphatic hydroxyl groups excluding tert-OH is 1. The van der Waals surface area contributed by atoms with Crippen LogP contribution in [0.3, 0.4) is 0 Å². The first-order valence-electron chi connectivity index (χ1n) is 7.06. The molecule has 2 aliphatic rings. The van der Waals surface area contributed by atoms with Crippen LogP contribution in [-0.4, -0.2) is 34.8 Å². The Bertz CT molecular complexity index is 506. The monoisotopic (exact) mass is 277 g/mol. The first-order valence-corrected chi connectivity index (χ1v) is 7.06. The molecule has 1 saturated carbocycles. The fraction of sp³-hybridized carbons (Fsp3) is 0.571. The molecule has 0 bridgehead atoms. The van der Waals surface area contributed by atoms with Gasteiger partial charge in [-0.3, -0.25) is 4.79 Å². The second-order valence-electron chi connectivity index (χ2n) is 5.33. The largest absolute Gasteiger partial charge is 0.480 e. The van der Waals surface area contributed by atoms with E-state index >= 15 is 0 Å². The third kappa shape index (κ3) is 2.91. The van der Waals surface area contributed by atoms with Gasteiger partial charge in [0.1, 0.15) is 0 Å². The maximum absolute atomic E-state index is 11.3. The maximum Gasteiger partial charge on any atom is 0.263 e. The lowest BCUT2D eigenvalue weighted by atomic mass is 9.92. The summed E-state index contributed by atoms with van der Waals surface area (Å²) in [4.78, 5) is 15.6. The molecule has 0 saturated heterocycles. The summed E-state index contributed by atoms with van der Waals surface area (Å²) in [5, 5.41) is 15.9. The molecule has 3 N–H and O–H groups in total. The summed E-state index contributed by atoms with van der Waals surface area (Å²) in [6.45, 7) is 0.616. The van der Waals surface area contributed by atoms with Crippen LogP contribution in [0.2, 0.25) is 0 Å². The lowest BCUT2D eigenvalue weighted by Gasteiger charge is -2.28. The highest BCUT2D eigenvalue weighted by Gasteiger charge is 2.23. The third-order valence-electron chi connectivity index (χ3n) is 3.81. The van der Waals surface area contributed by atoms with Gasteiger partial charge in [-0.05, 0) is 25.0 Å². The van der Waals surface area contributed by atoms with Crippen LogP contribution in [0.25, 0.3) is 0 Å². The second kappa shape index (κ2) is 5.76. The molecule has 2 atom stereocenters. The average Bonchev–Trinajstić information content (AvgIpc) is 2.46. The maximum atomic E-state index is 11.3. The van der Waals surface area contributed by atoms with Gasteiger partial charge in [-0.2, -0.15) is 0 Å². The molecule has 0 spiro atoms. The van der Waals surface area contributed by atoms with E-state index in [-0.39, 0.29) is 24.7 Å². The van der Waals surface area contributed by atoms with Crippen molar-refractivity contribution in [1.82, 2.24) is 10.3 Å². The van der Waals surface area contributed by atoms with Gasteiger partial charge in [0.25, 0.3) is 5.91 Å². The van der Waals surface area contributed by atoms with Crippen LogP contribution < -0.4 is 15.4 Å². The normalized spacial score (nSPS) is 25.6. The number of carbonyl (C=O) groups excluding carboxylic acids is 1. The number of amides is 1. The lowest BCUT2D eigenvalue weighted by Crippen LogP contribution is -2.41. The van der Waals surface area contributed by atoms with Gasteiger partial charge < -0.3 is 20.5 Å². The van der Waals surface area contributed by atoms with E-state index in [4.69, 9.17) is 4.74 Å². The van der Waals surface area contributed by atoms with Crippen molar-refractivity contribution < 1.29 is 14.6 Å². The zero-order valence-electron chi connectivity index (χ0n) is 11.3. The van der Waals surface area contributed by atoms with Crippen LogP contribution in [0.15, 0.2) is 12.1 Å². The molecule has 1 amide bonds. The predicted molar refractivity (Wildman–Crippen MR) is 73.5 cm³/mol. The molecular weight excluding hydrogens is 258 g/mol. The molecule has 0 unspecified atom stereocenters. The molecule has 0 radical (unpaired) electrons. The quantitative estimate of drug-likeness (QED) is 0.761. The van der Waals surface area contributed by atoms with Crippen LogP contribution in [0.4, 0.5) is 5.82 Å². The van der Waals surface area contributed by atoms with Gasteiger partial charge in [0.2, 0.25) is 0 Å². The highest BCUT2D eigenvalue weighted by Crippen LogP contribution is 2.25. The summed E-state index contributed by atoms with van der Waals surface area (Å²) >= 11 is 0. The number of carbonyl (C=O) groups is 1. The number of aliphatic hydroxyl groups is 1. The van der Waals surface area contributed by atoms with Crippen molar-refractivity contribution in [3.05, 3.63) is 17.8 Å². The summed E-state index contributed by atoms with van der Waals surface area (Å²) < 4.78 is 5.27. The van der Waals surface area contributed by atoms with Gasteiger partial charge in [0, 0.05) is 12.6 Å². The number of pyridine rings is 1. The van der Waals surface area contributed by atoms with Gasteiger partial charge in [-0.1, -0.05) is 12.8 Å². The Morgan fingerprint density at radius 3 is 3.10 bits per heavy atom. The topological polar surface area (TPSA) is 83.5 Å². The van der Waals surface area contributed by atoms with Crippen LogP contribution in [0, 0.1) is 0 Å². The number of nitrogens with one attached hydrogen (secondary N) is 2. The molecule has 1 aliphatic heterocycles. The van der Waals surface area contributed by atoms with E-state index in [1.54, 1.807) is 0 Å². The Labute approximate surface area is 117 Å². The summed E-state index contributed by atoms with van der Waals surface area (Å²) in [5.41, 5.74) is 0.826. The number of fused-ring (bicyclic) bond motifs is 1. The molecule has 1 aromatic rings. The van der Waals surface area contributed by atoms with Gasteiger partial charge in [0.15, 0.2) is 18.2 Å². The third-order valence-corrected chi connectivity index (χ3v) is 3.81. The molecular formula is C14H19N3O3. The van der Waals surface area contributed by atoms with Crippen molar-refractivity contribution in [2.45, 2.75) is 44.4 Å². The molecule has 2 heterocycles. The summed E-state index contributed by atoms with van der Waals surface area (Å²) in [7, 11) is 0. The predicted octanol–water partition coefficient (Wildman–Crippen LogP) is 0.806. The van der Waals surface area contributed by atoms with Crippen molar-refractivity contribution >= 4 is 11.7 Å². The van der Waals surface area contributed by atoms with E-state index in [0.717, 1.165) is 31.4 Å². The molecule has 6 heteroatoms. The number of aromatic nitrogens is 1. The van der Waals surface area contributed by atoms with Gasteiger partial charge >= 0.3 is 0 Å². The molecule has 1 aromatic heterocycles. The van der Waals surface area contributed by atoms with Crippen molar-refractivity contribution in [2.24, 2.45) is 0 Å². The van der Waals surface area contributed by atoms with Crippen molar-refractivity contribution in [2.75, 3.05) is 11.9 Å². The zero-order chi connectivity index (χ0) is 13.9. The number of nitrogens with zero attached hydrogens (tertiary/aromatic N) is 1. The van der Waals surface area contributed by atoms with E-state index in [2.05, 4.69) is 15.6 Å². The highest BCUT2D eigenvalue weighted by atomic mass is 16.5. The van der Waals surface area contributed by atoms with Gasteiger partial charge in [-0.15, -0.1) is 0 Å². The summed E-state index contributed by atoms with van der Waals surface area (Å²) in [5.74, 6) is 0.897. The molecule has 1 aliphatic carbocycles. The molecule has 0 aromatic carbocycles. The van der Waals surface area contributed by atoms with E-state index < -0.39 is 0 Å². The SMILES string of the molecule is O=C1COc2ccc(CN[C@H]3CCCC[C@H]3O)nc2N1. The fourth-order valence-electron chi connectivity index (χ4n) is 2.69. The minimum absolute atomic E-state index is 0.0422.